The fourth-order valence-electron chi connectivity index (χ4n) is 4.09. The van der Waals surface area contributed by atoms with Crippen LogP contribution in [0.2, 0.25) is 0 Å². The third-order valence-electron chi connectivity index (χ3n) is 6.27. The van der Waals surface area contributed by atoms with Crippen LogP contribution in [0, 0.1) is 0 Å². The van der Waals surface area contributed by atoms with Crippen LogP contribution in [0.25, 0.3) is 0 Å². The number of quaternary nitrogens is 1. The van der Waals surface area contributed by atoms with Crippen LogP contribution in [-0.2, 0) is 23.4 Å². The molecule has 0 saturated carbocycles. The highest BCUT2D eigenvalue weighted by Crippen LogP contribution is 2.42. The van der Waals surface area contributed by atoms with Crippen molar-refractivity contribution in [1.82, 2.24) is 0 Å². The molecule has 2 unspecified atom stereocenters. The molecule has 0 heterocycles. The summed E-state index contributed by atoms with van der Waals surface area (Å²) in [7, 11) is 2.11. The van der Waals surface area contributed by atoms with Crippen molar-refractivity contribution in [1.29, 1.82) is 0 Å². The van der Waals surface area contributed by atoms with Gasteiger partial charge in [0.2, 0.25) is 0 Å². The summed E-state index contributed by atoms with van der Waals surface area (Å²) in [6.45, 7) is 5.02. The molecular formula is C28H59NO6P+. The Hall–Kier alpha value is -0.460. The molecule has 0 amide bonds. The van der Waals surface area contributed by atoms with E-state index in [1.807, 2.05) is 21.1 Å². The molecule has 8 heteroatoms. The lowest BCUT2D eigenvalue weighted by Gasteiger charge is -2.25. The summed E-state index contributed by atoms with van der Waals surface area (Å²) in [6, 6.07) is 0. The van der Waals surface area contributed by atoms with Crippen LogP contribution in [0.15, 0.2) is 0 Å². The molecule has 0 fully saturated rings. The predicted molar refractivity (Wildman–Crippen MR) is 149 cm³/mol. The second-order valence-corrected chi connectivity index (χ2v) is 13.2. The van der Waals surface area contributed by atoms with E-state index in [9.17, 15) is 14.3 Å². The zero-order chi connectivity index (χ0) is 27.1. The fraction of sp³-hybridized carbons (Fsp3) is 0.964. The number of likely N-dealkylation sites (N-methyl/N-ethyl adjacent to an activating group) is 1. The SMILES string of the molecule is CCCCCCCCCCCCCCCCCCOCC(CP(=O)(O)OCC[N+](C)(C)C)OC(C)=O. The van der Waals surface area contributed by atoms with Crippen molar-refractivity contribution in [3.63, 3.8) is 0 Å². The Morgan fingerprint density at radius 2 is 1.22 bits per heavy atom. The molecule has 0 aliphatic carbocycles. The third-order valence-corrected chi connectivity index (χ3v) is 7.72. The fourth-order valence-corrected chi connectivity index (χ4v) is 5.26. The predicted octanol–water partition coefficient (Wildman–Crippen LogP) is 7.10. The molecule has 0 aromatic carbocycles. The third kappa shape index (κ3) is 26.6. The monoisotopic (exact) mass is 536 g/mol. The van der Waals surface area contributed by atoms with E-state index in [1.165, 1.54) is 96.8 Å². The van der Waals surface area contributed by atoms with Gasteiger partial charge in [0, 0.05) is 13.5 Å². The number of hydrogen-bond donors (Lipinski definition) is 1. The Bertz CT molecular complexity index is 567. The largest absolute Gasteiger partial charge is 0.459 e. The van der Waals surface area contributed by atoms with Gasteiger partial charge in [-0.3, -0.25) is 9.36 Å². The van der Waals surface area contributed by atoms with Gasteiger partial charge >= 0.3 is 13.6 Å². The number of carbonyl (C=O) groups excluding carboxylic acids is 1. The summed E-state index contributed by atoms with van der Waals surface area (Å²) in [5, 5.41) is 0. The van der Waals surface area contributed by atoms with Crippen molar-refractivity contribution >= 4 is 13.6 Å². The van der Waals surface area contributed by atoms with Crippen LogP contribution < -0.4 is 0 Å². The molecule has 0 bridgehead atoms. The van der Waals surface area contributed by atoms with E-state index in [-0.39, 0.29) is 19.4 Å². The number of rotatable bonds is 26. The molecule has 0 saturated heterocycles. The maximum atomic E-state index is 12.4. The topological polar surface area (TPSA) is 82.1 Å². The van der Waals surface area contributed by atoms with Gasteiger partial charge < -0.3 is 23.4 Å². The van der Waals surface area contributed by atoms with Crippen LogP contribution in [0.1, 0.15) is 117 Å². The van der Waals surface area contributed by atoms with E-state index in [0.717, 1.165) is 12.8 Å². The first-order valence-corrected chi connectivity index (χ1v) is 16.3. The first-order valence-electron chi connectivity index (χ1n) is 14.6. The minimum Gasteiger partial charge on any atom is -0.459 e. The van der Waals surface area contributed by atoms with Crippen molar-refractivity contribution in [2.24, 2.45) is 0 Å². The average molecular weight is 537 g/mol. The Kier molecular flexibility index (Phi) is 22.2. The van der Waals surface area contributed by atoms with Gasteiger partial charge in [-0.25, -0.2) is 0 Å². The van der Waals surface area contributed by atoms with Crippen LogP contribution >= 0.6 is 7.60 Å². The van der Waals surface area contributed by atoms with Crippen molar-refractivity contribution in [3.8, 4) is 0 Å². The van der Waals surface area contributed by atoms with Gasteiger partial charge in [-0.2, -0.15) is 0 Å². The molecule has 0 aromatic heterocycles. The van der Waals surface area contributed by atoms with Gasteiger partial charge in [-0.15, -0.1) is 0 Å². The van der Waals surface area contributed by atoms with Gasteiger partial charge in [0.15, 0.2) is 0 Å². The maximum absolute atomic E-state index is 12.4. The van der Waals surface area contributed by atoms with Gasteiger partial charge in [0.25, 0.3) is 0 Å². The minimum absolute atomic E-state index is 0.113. The highest BCUT2D eigenvalue weighted by molar-refractivity contribution is 7.52. The van der Waals surface area contributed by atoms with Crippen LogP contribution in [0.3, 0.4) is 0 Å². The molecule has 0 rings (SSSR count). The molecule has 1 N–H and O–H groups in total. The molecule has 0 spiro atoms. The summed E-state index contributed by atoms with van der Waals surface area (Å²) in [5.41, 5.74) is 0. The second kappa shape index (κ2) is 22.5. The van der Waals surface area contributed by atoms with E-state index >= 15 is 0 Å². The number of carbonyl (C=O) groups is 1. The van der Waals surface area contributed by atoms with Crippen LogP contribution in [0.5, 0.6) is 0 Å². The standard InChI is InChI=1S/C28H58NO6P/c1-6-7-8-9-10-11-12-13-14-15-16-17-18-19-20-21-23-33-25-28(35-27(2)30)26-36(31,32)34-24-22-29(3,4)5/h28H,6-26H2,1-5H3/p+1. The first kappa shape index (κ1) is 35.5. The Morgan fingerprint density at radius 1 is 0.778 bits per heavy atom. The minimum atomic E-state index is -3.85. The van der Waals surface area contributed by atoms with Gasteiger partial charge in [0.1, 0.15) is 19.3 Å². The Morgan fingerprint density at radius 3 is 1.64 bits per heavy atom. The van der Waals surface area contributed by atoms with E-state index in [4.69, 9.17) is 14.0 Å². The molecule has 0 radical (unpaired) electrons. The lowest BCUT2D eigenvalue weighted by Crippen LogP contribution is -2.37. The Balaban J connectivity index is 3.72. The molecule has 0 aromatic rings. The van der Waals surface area contributed by atoms with E-state index in [2.05, 4.69) is 6.92 Å². The van der Waals surface area contributed by atoms with E-state index < -0.39 is 19.7 Å². The smallest absolute Gasteiger partial charge is 0.332 e. The van der Waals surface area contributed by atoms with Crippen molar-refractivity contribution in [3.05, 3.63) is 0 Å². The quantitative estimate of drug-likeness (QED) is 0.0549. The molecule has 2 atom stereocenters. The number of hydrogen-bond acceptors (Lipinski definition) is 5. The molecule has 0 aliphatic heterocycles. The zero-order valence-corrected chi connectivity index (χ0v) is 25.2. The summed E-state index contributed by atoms with van der Waals surface area (Å²) in [4.78, 5) is 21.5. The summed E-state index contributed by atoms with van der Waals surface area (Å²) in [6.07, 6.45) is 20.1. The summed E-state index contributed by atoms with van der Waals surface area (Å²) in [5.74, 6) is -0.489. The first-order chi connectivity index (χ1) is 17.1. The van der Waals surface area contributed by atoms with Gasteiger partial charge in [-0.1, -0.05) is 103 Å². The number of esters is 1. The van der Waals surface area contributed by atoms with Gasteiger partial charge in [-0.05, 0) is 6.42 Å². The lowest BCUT2D eigenvalue weighted by atomic mass is 10.0. The highest BCUT2D eigenvalue weighted by Gasteiger charge is 2.28. The molecule has 0 aliphatic rings. The summed E-state index contributed by atoms with van der Waals surface area (Å²) >= 11 is 0. The van der Waals surface area contributed by atoms with Crippen molar-refractivity contribution in [2.75, 3.05) is 53.7 Å². The van der Waals surface area contributed by atoms with Crippen LogP contribution in [-0.4, -0.2) is 75.1 Å². The highest BCUT2D eigenvalue weighted by atomic mass is 31.2. The molecule has 36 heavy (non-hydrogen) atoms. The van der Waals surface area contributed by atoms with Crippen molar-refractivity contribution < 1.29 is 32.7 Å². The van der Waals surface area contributed by atoms with Gasteiger partial charge in [0.05, 0.1) is 33.9 Å². The molecule has 216 valence electrons. The molecular weight excluding hydrogens is 477 g/mol. The summed E-state index contributed by atoms with van der Waals surface area (Å²) < 4.78 is 29.0. The van der Waals surface area contributed by atoms with E-state index in [1.54, 1.807) is 0 Å². The normalized spacial score (nSPS) is 14.5. The number of nitrogens with zero attached hydrogens (tertiary/aromatic N) is 1. The Labute approximate surface area is 222 Å². The second-order valence-electron chi connectivity index (χ2n) is 11.3. The maximum Gasteiger partial charge on any atom is 0.332 e. The van der Waals surface area contributed by atoms with E-state index in [0.29, 0.717) is 17.6 Å². The van der Waals surface area contributed by atoms with Crippen LogP contribution in [0.4, 0.5) is 0 Å². The zero-order valence-electron chi connectivity index (χ0n) is 24.3. The average Bonchev–Trinajstić information content (AvgIpc) is 2.76. The number of ether oxygens (including phenoxy) is 2. The van der Waals surface area contributed by atoms with Crippen molar-refractivity contribution in [2.45, 2.75) is 123 Å². The number of unbranched alkanes of at least 4 members (excludes halogenated alkanes) is 15. The molecule has 7 nitrogen and oxygen atoms in total. The lowest BCUT2D eigenvalue weighted by molar-refractivity contribution is -0.870.